The number of benzene rings is 2. The van der Waals surface area contributed by atoms with Gasteiger partial charge < -0.3 is 10.1 Å². The Morgan fingerprint density at radius 2 is 2.10 bits per heavy atom. The molecule has 3 rings (SSSR count). The van der Waals surface area contributed by atoms with E-state index in [0.29, 0.717) is 28.2 Å². The molecular formula is C22H23ClN4O2S. The molecule has 1 amide bonds. The van der Waals surface area contributed by atoms with Gasteiger partial charge in [0.2, 0.25) is 5.91 Å². The van der Waals surface area contributed by atoms with E-state index in [9.17, 15) is 4.79 Å². The number of amides is 1. The molecule has 0 bridgehead atoms. The predicted molar refractivity (Wildman–Crippen MR) is 122 cm³/mol. The van der Waals surface area contributed by atoms with Crippen molar-refractivity contribution in [3.8, 4) is 17.1 Å². The number of thioether (sulfide) groups is 1. The molecule has 0 radical (unpaired) electrons. The van der Waals surface area contributed by atoms with Crippen LogP contribution in [-0.2, 0) is 11.3 Å². The van der Waals surface area contributed by atoms with Crippen LogP contribution in [-0.4, -0.2) is 33.5 Å². The van der Waals surface area contributed by atoms with Crippen LogP contribution in [0.3, 0.4) is 0 Å². The Morgan fingerprint density at radius 3 is 2.80 bits per heavy atom. The van der Waals surface area contributed by atoms with E-state index in [4.69, 9.17) is 16.3 Å². The number of carbonyl (C=O) groups excluding carboxylic acids is 1. The number of halogens is 1. The molecule has 156 valence electrons. The molecule has 6 nitrogen and oxygen atoms in total. The highest BCUT2D eigenvalue weighted by Crippen LogP contribution is 2.31. The van der Waals surface area contributed by atoms with Gasteiger partial charge in [0.05, 0.1) is 18.6 Å². The summed E-state index contributed by atoms with van der Waals surface area (Å²) in [5.41, 5.74) is 3.55. The second kappa shape index (κ2) is 9.82. The average molecular weight is 443 g/mol. The Kier molecular flexibility index (Phi) is 7.18. The van der Waals surface area contributed by atoms with Gasteiger partial charge in [-0.05, 0) is 31.5 Å². The van der Waals surface area contributed by atoms with Crippen LogP contribution in [0.2, 0.25) is 5.02 Å². The van der Waals surface area contributed by atoms with Gasteiger partial charge in [-0.3, -0.25) is 9.36 Å². The number of aromatic nitrogens is 3. The molecule has 8 heteroatoms. The Morgan fingerprint density at radius 1 is 1.30 bits per heavy atom. The summed E-state index contributed by atoms with van der Waals surface area (Å²) in [5, 5.41) is 12.7. The summed E-state index contributed by atoms with van der Waals surface area (Å²) >= 11 is 7.45. The smallest absolute Gasteiger partial charge is 0.234 e. The van der Waals surface area contributed by atoms with Crippen LogP contribution in [0.15, 0.2) is 54.2 Å². The minimum Gasteiger partial charge on any atom is -0.495 e. The Bertz CT molecular complexity index is 1080. The third kappa shape index (κ3) is 5.04. The number of aryl methyl sites for hydroxylation is 2. The number of anilines is 1. The van der Waals surface area contributed by atoms with E-state index in [-0.39, 0.29) is 11.7 Å². The normalized spacial score (nSPS) is 10.7. The Labute approximate surface area is 185 Å². The van der Waals surface area contributed by atoms with Gasteiger partial charge in [-0.2, -0.15) is 0 Å². The van der Waals surface area contributed by atoms with Gasteiger partial charge in [0.1, 0.15) is 5.75 Å². The van der Waals surface area contributed by atoms with Crippen LogP contribution in [0.5, 0.6) is 5.75 Å². The number of nitrogens with zero attached hydrogens (tertiary/aromatic N) is 3. The number of methoxy groups -OCH3 is 1. The van der Waals surface area contributed by atoms with Crippen molar-refractivity contribution in [2.45, 2.75) is 25.5 Å². The monoisotopic (exact) mass is 442 g/mol. The summed E-state index contributed by atoms with van der Waals surface area (Å²) in [4.78, 5) is 12.5. The van der Waals surface area contributed by atoms with E-state index in [1.807, 2.05) is 36.6 Å². The summed E-state index contributed by atoms with van der Waals surface area (Å²) in [7, 11) is 1.54. The van der Waals surface area contributed by atoms with Gasteiger partial charge in [0, 0.05) is 23.2 Å². The van der Waals surface area contributed by atoms with Crippen LogP contribution < -0.4 is 10.1 Å². The van der Waals surface area contributed by atoms with Crippen molar-refractivity contribution in [3.05, 3.63) is 65.2 Å². The van der Waals surface area contributed by atoms with Crippen molar-refractivity contribution in [1.29, 1.82) is 0 Å². The molecular weight excluding hydrogens is 420 g/mol. The standard InChI is InChI=1S/C22H23ClN4O2S/c1-5-9-27-21(16-8-6-7-14(2)10-16)25-26-22(27)30-13-20(28)24-18-11-15(3)17(23)12-19(18)29-4/h5-8,10-12H,1,9,13H2,2-4H3,(H,24,28). The van der Waals surface area contributed by atoms with Crippen LogP contribution in [0.1, 0.15) is 11.1 Å². The minimum absolute atomic E-state index is 0.175. The number of rotatable bonds is 8. The second-order valence-corrected chi connectivity index (χ2v) is 8.06. The van der Waals surface area contributed by atoms with Gasteiger partial charge in [-0.1, -0.05) is 53.2 Å². The van der Waals surface area contributed by atoms with Crippen LogP contribution in [0.4, 0.5) is 5.69 Å². The van der Waals surface area contributed by atoms with Gasteiger partial charge in [0.25, 0.3) is 0 Å². The van der Waals surface area contributed by atoms with Crippen molar-refractivity contribution < 1.29 is 9.53 Å². The molecule has 0 saturated heterocycles. The minimum atomic E-state index is -0.176. The highest BCUT2D eigenvalue weighted by Gasteiger charge is 2.16. The lowest BCUT2D eigenvalue weighted by Gasteiger charge is -2.12. The molecule has 0 aliphatic heterocycles. The van der Waals surface area contributed by atoms with E-state index in [1.165, 1.54) is 18.9 Å². The summed E-state index contributed by atoms with van der Waals surface area (Å²) in [6, 6.07) is 11.5. The quantitative estimate of drug-likeness (QED) is 0.386. The molecule has 0 unspecified atom stereocenters. The van der Waals surface area contributed by atoms with Crippen LogP contribution in [0.25, 0.3) is 11.4 Å². The molecule has 0 aliphatic rings. The highest BCUT2D eigenvalue weighted by molar-refractivity contribution is 7.99. The number of hydrogen-bond donors (Lipinski definition) is 1. The largest absolute Gasteiger partial charge is 0.495 e. The van der Waals surface area contributed by atoms with Crippen molar-refractivity contribution in [3.63, 3.8) is 0 Å². The SMILES string of the molecule is C=CCn1c(SCC(=O)Nc2cc(C)c(Cl)cc2OC)nnc1-c1cccc(C)c1. The van der Waals surface area contributed by atoms with Gasteiger partial charge in [-0.15, -0.1) is 16.8 Å². The van der Waals surface area contributed by atoms with Gasteiger partial charge in [0.15, 0.2) is 11.0 Å². The third-order valence-electron chi connectivity index (χ3n) is 4.39. The molecule has 0 aliphatic carbocycles. The highest BCUT2D eigenvalue weighted by atomic mass is 35.5. The Hall–Kier alpha value is -2.77. The maximum absolute atomic E-state index is 12.5. The average Bonchev–Trinajstić information content (AvgIpc) is 3.12. The first-order valence-corrected chi connectivity index (χ1v) is 10.7. The number of ether oxygens (including phenoxy) is 1. The predicted octanol–water partition coefficient (Wildman–Crippen LogP) is 5.14. The van der Waals surface area contributed by atoms with E-state index in [0.717, 1.165) is 22.5 Å². The van der Waals surface area contributed by atoms with E-state index < -0.39 is 0 Å². The lowest BCUT2D eigenvalue weighted by molar-refractivity contribution is -0.113. The number of hydrogen-bond acceptors (Lipinski definition) is 5. The molecule has 3 aromatic rings. The zero-order chi connectivity index (χ0) is 21.7. The molecule has 1 aromatic heterocycles. The van der Waals surface area contributed by atoms with Gasteiger partial charge >= 0.3 is 0 Å². The maximum atomic E-state index is 12.5. The summed E-state index contributed by atoms with van der Waals surface area (Å²) < 4.78 is 7.27. The molecule has 30 heavy (non-hydrogen) atoms. The first-order chi connectivity index (χ1) is 14.4. The van der Waals surface area contributed by atoms with E-state index in [2.05, 4.69) is 28.2 Å². The topological polar surface area (TPSA) is 69.0 Å². The molecule has 1 N–H and O–H groups in total. The van der Waals surface area contributed by atoms with Crippen LogP contribution in [0, 0.1) is 13.8 Å². The molecule has 0 spiro atoms. The maximum Gasteiger partial charge on any atom is 0.234 e. The number of allylic oxidation sites excluding steroid dienone is 1. The third-order valence-corrected chi connectivity index (χ3v) is 5.77. The second-order valence-electron chi connectivity index (χ2n) is 6.71. The zero-order valence-electron chi connectivity index (χ0n) is 17.1. The van der Waals surface area contributed by atoms with Crippen molar-refractivity contribution >= 4 is 35.0 Å². The fraction of sp³-hybridized carbons (Fsp3) is 0.227. The zero-order valence-corrected chi connectivity index (χ0v) is 18.7. The van der Waals surface area contributed by atoms with E-state index >= 15 is 0 Å². The molecule has 2 aromatic carbocycles. The van der Waals surface area contributed by atoms with Gasteiger partial charge in [-0.25, -0.2) is 0 Å². The summed E-state index contributed by atoms with van der Waals surface area (Å²) in [6.45, 7) is 8.27. The summed E-state index contributed by atoms with van der Waals surface area (Å²) in [6.07, 6.45) is 1.79. The molecule has 0 atom stereocenters. The van der Waals surface area contributed by atoms with E-state index in [1.54, 1.807) is 18.2 Å². The fourth-order valence-electron chi connectivity index (χ4n) is 2.93. The lowest BCUT2D eigenvalue weighted by Crippen LogP contribution is -2.15. The molecule has 1 heterocycles. The lowest BCUT2D eigenvalue weighted by atomic mass is 10.1. The van der Waals surface area contributed by atoms with Crippen molar-refractivity contribution in [1.82, 2.24) is 14.8 Å². The first-order valence-electron chi connectivity index (χ1n) is 9.31. The van der Waals surface area contributed by atoms with Crippen molar-refractivity contribution in [2.75, 3.05) is 18.2 Å². The Balaban J connectivity index is 1.75. The van der Waals surface area contributed by atoms with Crippen LogP contribution >= 0.6 is 23.4 Å². The number of nitrogens with one attached hydrogen (secondary N) is 1. The first kappa shape index (κ1) is 21.9. The number of carbonyl (C=O) groups is 1. The molecule has 0 saturated carbocycles. The summed E-state index contributed by atoms with van der Waals surface area (Å²) in [5.74, 6) is 1.26. The fourth-order valence-corrected chi connectivity index (χ4v) is 3.83. The van der Waals surface area contributed by atoms with Crippen molar-refractivity contribution in [2.24, 2.45) is 0 Å². The molecule has 0 fully saturated rings.